The van der Waals surface area contributed by atoms with Gasteiger partial charge in [-0.1, -0.05) is 41.9 Å². The maximum atomic E-state index is 12.6. The molecule has 1 aliphatic heterocycles. The third kappa shape index (κ3) is 3.63. The van der Waals surface area contributed by atoms with Gasteiger partial charge in [-0.3, -0.25) is 4.79 Å². The number of hydrogen-bond donors (Lipinski definition) is 1. The molecule has 146 valence electrons. The Bertz CT molecular complexity index is 1210. The number of allylic oxidation sites excluding steroid dienone is 1. The first-order valence-corrected chi connectivity index (χ1v) is 10.4. The Balaban J connectivity index is 1.74. The van der Waals surface area contributed by atoms with Crippen molar-refractivity contribution < 1.29 is 4.79 Å². The largest absolute Gasteiger partial charge is 0.340 e. The first kappa shape index (κ1) is 19.6. The molecule has 1 aliphatic rings. The van der Waals surface area contributed by atoms with Gasteiger partial charge in [0.1, 0.15) is 0 Å². The van der Waals surface area contributed by atoms with Crippen LogP contribution >= 0.6 is 23.4 Å². The van der Waals surface area contributed by atoms with Gasteiger partial charge in [0.05, 0.1) is 10.6 Å². The number of amides is 1. The van der Waals surface area contributed by atoms with Crippen LogP contribution in [0.4, 0.5) is 5.69 Å². The number of halogens is 1. The summed E-state index contributed by atoms with van der Waals surface area (Å²) in [5.41, 5.74) is 4.91. The maximum absolute atomic E-state index is 12.6. The van der Waals surface area contributed by atoms with E-state index in [0.717, 1.165) is 40.0 Å². The molecule has 0 aliphatic carbocycles. The highest BCUT2D eigenvalue weighted by molar-refractivity contribution is 8.18. The van der Waals surface area contributed by atoms with Gasteiger partial charge in [0.2, 0.25) is 0 Å². The van der Waals surface area contributed by atoms with E-state index in [1.807, 2.05) is 49.4 Å². The lowest BCUT2D eigenvalue weighted by atomic mass is 10.1. The number of carbonyl (C=O) groups excluding carboxylic acids is 1. The van der Waals surface area contributed by atoms with Crippen molar-refractivity contribution in [3.63, 3.8) is 0 Å². The zero-order chi connectivity index (χ0) is 20.5. The van der Waals surface area contributed by atoms with Gasteiger partial charge in [-0.25, -0.2) is 4.99 Å². The van der Waals surface area contributed by atoms with Gasteiger partial charge in [-0.15, -0.1) is 6.58 Å². The summed E-state index contributed by atoms with van der Waals surface area (Å²) in [7, 11) is 0. The number of rotatable bonds is 4. The summed E-state index contributed by atoms with van der Waals surface area (Å²) in [6.07, 6.45) is 3.83. The van der Waals surface area contributed by atoms with Gasteiger partial charge >= 0.3 is 0 Å². The summed E-state index contributed by atoms with van der Waals surface area (Å²) in [5.74, 6) is -0.145. The summed E-state index contributed by atoms with van der Waals surface area (Å²) >= 11 is 7.52. The van der Waals surface area contributed by atoms with Crippen LogP contribution in [0.5, 0.6) is 0 Å². The first-order valence-electron chi connectivity index (χ1n) is 9.23. The van der Waals surface area contributed by atoms with E-state index in [9.17, 15) is 4.79 Å². The maximum Gasteiger partial charge on any atom is 0.264 e. The van der Waals surface area contributed by atoms with Crippen LogP contribution in [-0.4, -0.2) is 15.6 Å². The predicted octanol–water partition coefficient (Wildman–Crippen LogP) is 5.99. The lowest BCUT2D eigenvalue weighted by Crippen LogP contribution is -2.19. The number of nitrogens with one attached hydrogen (secondary N) is 1. The van der Waals surface area contributed by atoms with Crippen molar-refractivity contribution in [2.24, 2.45) is 4.99 Å². The van der Waals surface area contributed by atoms with Gasteiger partial charge < -0.3 is 9.88 Å². The molecule has 2 aromatic carbocycles. The molecule has 2 heterocycles. The van der Waals surface area contributed by atoms with Crippen molar-refractivity contribution in [2.45, 2.75) is 20.4 Å². The molecule has 4 nitrogen and oxygen atoms in total. The molecule has 1 amide bonds. The van der Waals surface area contributed by atoms with Crippen molar-refractivity contribution in [2.75, 3.05) is 0 Å². The Labute approximate surface area is 179 Å². The number of amidine groups is 1. The topological polar surface area (TPSA) is 46.4 Å². The SMILES string of the molecule is C=CCn1c(C)c(/C=C2/SC(=Nc3cccc(Cl)c3C)NC2=O)c2ccccc21. The molecule has 0 saturated carbocycles. The van der Waals surface area contributed by atoms with E-state index in [2.05, 4.69) is 40.5 Å². The van der Waals surface area contributed by atoms with Gasteiger partial charge in [0.15, 0.2) is 5.17 Å². The van der Waals surface area contributed by atoms with Gasteiger partial charge in [0.25, 0.3) is 5.91 Å². The third-order valence-electron chi connectivity index (χ3n) is 4.98. The second-order valence-corrected chi connectivity index (χ2v) is 8.22. The Morgan fingerprint density at radius 2 is 2.00 bits per heavy atom. The minimum Gasteiger partial charge on any atom is -0.340 e. The number of benzene rings is 2. The average molecular weight is 422 g/mol. The molecule has 0 unspecified atom stereocenters. The minimum absolute atomic E-state index is 0.145. The number of aliphatic imine (C=N–C) groups is 1. The number of carbonyl (C=O) groups is 1. The average Bonchev–Trinajstić information content (AvgIpc) is 3.18. The summed E-state index contributed by atoms with van der Waals surface area (Å²) in [4.78, 5) is 17.8. The van der Waals surface area contributed by atoms with Crippen molar-refractivity contribution in [3.8, 4) is 0 Å². The summed E-state index contributed by atoms with van der Waals surface area (Å²) < 4.78 is 2.20. The van der Waals surface area contributed by atoms with Crippen molar-refractivity contribution in [1.82, 2.24) is 9.88 Å². The summed E-state index contributed by atoms with van der Waals surface area (Å²) in [6, 6.07) is 13.8. The lowest BCUT2D eigenvalue weighted by molar-refractivity contribution is -0.115. The van der Waals surface area contributed by atoms with Crippen molar-refractivity contribution in [1.29, 1.82) is 0 Å². The molecule has 0 radical (unpaired) electrons. The number of fused-ring (bicyclic) bond motifs is 1. The summed E-state index contributed by atoms with van der Waals surface area (Å²) in [6.45, 7) is 8.56. The van der Waals surface area contributed by atoms with Crippen LogP contribution in [0.1, 0.15) is 16.8 Å². The normalized spacial score (nSPS) is 16.7. The van der Waals surface area contributed by atoms with Crippen LogP contribution in [0.3, 0.4) is 0 Å². The zero-order valence-electron chi connectivity index (χ0n) is 16.2. The number of para-hydroxylation sites is 1. The highest BCUT2D eigenvalue weighted by atomic mass is 35.5. The van der Waals surface area contributed by atoms with Gasteiger partial charge in [-0.05, 0) is 55.4 Å². The fraction of sp³-hybridized carbons (Fsp3) is 0.130. The Kier molecular flexibility index (Phi) is 5.35. The number of nitrogens with zero attached hydrogens (tertiary/aromatic N) is 2. The fourth-order valence-electron chi connectivity index (χ4n) is 3.44. The number of aromatic nitrogens is 1. The smallest absolute Gasteiger partial charge is 0.264 e. The third-order valence-corrected chi connectivity index (χ3v) is 6.30. The van der Waals surface area contributed by atoms with E-state index < -0.39 is 0 Å². The standard InChI is InChI=1S/C23H20ClN3OS/c1-4-12-27-15(3)17(16-8-5-6-11-20(16)27)13-21-22(28)26-23(29-21)25-19-10-7-9-18(24)14(19)2/h4-11,13H,1,12H2,2-3H3,(H,25,26,28)/b21-13+. The molecule has 1 saturated heterocycles. The Morgan fingerprint density at radius 3 is 2.79 bits per heavy atom. The fourth-order valence-corrected chi connectivity index (χ4v) is 4.43. The second kappa shape index (κ2) is 7.93. The van der Waals surface area contributed by atoms with E-state index in [0.29, 0.717) is 15.1 Å². The zero-order valence-corrected chi connectivity index (χ0v) is 17.8. The van der Waals surface area contributed by atoms with Crippen molar-refractivity contribution >= 4 is 57.1 Å². The van der Waals surface area contributed by atoms with E-state index in [4.69, 9.17) is 11.6 Å². The van der Waals surface area contributed by atoms with Crippen molar-refractivity contribution in [3.05, 3.63) is 81.9 Å². The van der Waals surface area contributed by atoms with Gasteiger partial charge in [-0.2, -0.15) is 0 Å². The molecule has 29 heavy (non-hydrogen) atoms. The molecular weight excluding hydrogens is 402 g/mol. The van der Waals surface area contributed by atoms with E-state index in [-0.39, 0.29) is 5.91 Å². The molecule has 4 rings (SSSR count). The minimum atomic E-state index is -0.145. The Morgan fingerprint density at radius 1 is 1.21 bits per heavy atom. The molecule has 1 aromatic heterocycles. The number of hydrogen-bond acceptors (Lipinski definition) is 3. The van der Waals surface area contributed by atoms with Crippen LogP contribution in [-0.2, 0) is 11.3 Å². The quantitative estimate of drug-likeness (QED) is 0.415. The molecule has 0 atom stereocenters. The molecular formula is C23H20ClN3OS. The van der Waals surface area contributed by atoms with Crippen LogP contribution < -0.4 is 5.32 Å². The molecule has 0 bridgehead atoms. The highest BCUT2D eigenvalue weighted by Crippen LogP contribution is 2.34. The number of thioether (sulfide) groups is 1. The van der Waals surface area contributed by atoms with E-state index >= 15 is 0 Å². The first-order chi connectivity index (χ1) is 14.0. The van der Waals surface area contributed by atoms with Crippen LogP contribution in [0.2, 0.25) is 5.02 Å². The van der Waals surface area contributed by atoms with Crippen LogP contribution in [0.15, 0.2) is 65.0 Å². The highest BCUT2D eigenvalue weighted by Gasteiger charge is 2.25. The molecule has 1 fully saturated rings. The van der Waals surface area contributed by atoms with Gasteiger partial charge in [0, 0.05) is 33.7 Å². The van der Waals surface area contributed by atoms with Crippen LogP contribution in [0, 0.1) is 13.8 Å². The summed E-state index contributed by atoms with van der Waals surface area (Å²) in [5, 5.41) is 5.18. The predicted molar refractivity (Wildman–Crippen MR) is 124 cm³/mol. The molecule has 1 N–H and O–H groups in total. The molecule has 6 heteroatoms. The molecule has 0 spiro atoms. The van der Waals surface area contributed by atoms with E-state index in [1.54, 1.807) is 0 Å². The van der Waals surface area contributed by atoms with Crippen LogP contribution in [0.25, 0.3) is 17.0 Å². The second-order valence-electron chi connectivity index (χ2n) is 6.78. The molecule has 3 aromatic rings. The van der Waals surface area contributed by atoms with E-state index in [1.165, 1.54) is 11.8 Å². The lowest BCUT2D eigenvalue weighted by Gasteiger charge is -2.04. The monoisotopic (exact) mass is 421 g/mol. The Hall–Kier alpha value is -2.76.